The van der Waals surface area contributed by atoms with Gasteiger partial charge in [0, 0.05) is 16.7 Å². The van der Waals surface area contributed by atoms with Crippen molar-refractivity contribution >= 4 is 12.2 Å². The van der Waals surface area contributed by atoms with Gasteiger partial charge in [-0.1, -0.05) is 98.3 Å². The quantitative estimate of drug-likeness (QED) is 0.262. The van der Waals surface area contributed by atoms with Gasteiger partial charge in [0.2, 0.25) is 0 Å². The maximum absolute atomic E-state index is 14.8. The molecular weight excluding hydrogens is 417 g/mol. The normalized spacial score (nSPS) is 11.3. The third-order valence-corrected chi connectivity index (χ3v) is 5.72. The Morgan fingerprint density at radius 3 is 1.97 bits per heavy atom. The molecular formula is C30H25F3. The number of halogens is 3. The molecule has 0 nitrogen and oxygen atoms in total. The van der Waals surface area contributed by atoms with Crippen molar-refractivity contribution in [2.24, 2.45) is 0 Å². The van der Waals surface area contributed by atoms with Crippen LogP contribution in [0.25, 0.3) is 34.4 Å². The Kier molecular flexibility index (Phi) is 6.79. The molecule has 4 rings (SSSR count). The van der Waals surface area contributed by atoms with Crippen LogP contribution in [0.2, 0.25) is 0 Å². The van der Waals surface area contributed by atoms with Gasteiger partial charge in [0.25, 0.3) is 0 Å². The van der Waals surface area contributed by atoms with Gasteiger partial charge >= 0.3 is 0 Å². The lowest BCUT2D eigenvalue weighted by Gasteiger charge is -2.08. The Hall–Kier alpha value is -3.59. The fourth-order valence-corrected chi connectivity index (χ4v) is 3.87. The van der Waals surface area contributed by atoms with Crippen LogP contribution in [0.4, 0.5) is 13.2 Å². The molecule has 3 heteroatoms. The van der Waals surface area contributed by atoms with Crippen LogP contribution in [0.15, 0.2) is 78.9 Å². The van der Waals surface area contributed by atoms with E-state index in [1.54, 1.807) is 30.4 Å². The third kappa shape index (κ3) is 5.09. The van der Waals surface area contributed by atoms with Crippen molar-refractivity contribution in [1.82, 2.24) is 0 Å². The molecule has 0 bridgehead atoms. The molecule has 33 heavy (non-hydrogen) atoms. The molecule has 0 aromatic heterocycles. The van der Waals surface area contributed by atoms with Crippen molar-refractivity contribution in [1.29, 1.82) is 0 Å². The minimum atomic E-state index is -0.875. The van der Waals surface area contributed by atoms with Gasteiger partial charge in [0.05, 0.1) is 0 Å². The van der Waals surface area contributed by atoms with E-state index in [1.807, 2.05) is 61.5 Å². The lowest BCUT2D eigenvalue weighted by molar-refractivity contribution is 0.509. The molecule has 0 aliphatic rings. The molecule has 0 saturated carbocycles. The standard InChI is InChI=1S/C30H25F3/c1-3-4-21-6-13-24(14-7-21)27-18-16-25(29(32)30(27)33)15-10-22-8-11-23(12-9-22)26-17-5-20(2)19-28(26)31/h5-19H,3-4H2,1-2H3/b15-10+. The largest absolute Gasteiger partial charge is 0.206 e. The molecule has 0 aliphatic heterocycles. The Morgan fingerprint density at radius 1 is 0.667 bits per heavy atom. The van der Waals surface area contributed by atoms with Crippen LogP contribution in [-0.2, 0) is 6.42 Å². The van der Waals surface area contributed by atoms with E-state index >= 15 is 0 Å². The highest BCUT2D eigenvalue weighted by Crippen LogP contribution is 2.28. The summed E-state index contributed by atoms with van der Waals surface area (Å²) in [4.78, 5) is 0. The van der Waals surface area contributed by atoms with Gasteiger partial charge in [-0.2, -0.15) is 0 Å². The van der Waals surface area contributed by atoms with Crippen molar-refractivity contribution < 1.29 is 13.2 Å². The van der Waals surface area contributed by atoms with Crippen LogP contribution in [0.3, 0.4) is 0 Å². The molecule has 4 aromatic carbocycles. The van der Waals surface area contributed by atoms with Crippen molar-refractivity contribution in [3.05, 3.63) is 119 Å². The molecule has 0 aliphatic carbocycles. The second-order valence-electron chi connectivity index (χ2n) is 8.22. The van der Waals surface area contributed by atoms with Gasteiger partial charge in [-0.25, -0.2) is 13.2 Å². The molecule has 166 valence electrons. The summed E-state index contributed by atoms with van der Waals surface area (Å²) in [6.07, 6.45) is 5.26. The summed E-state index contributed by atoms with van der Waals surface area (Å²) in [6.45, 7) is 3.95. The lowest BCUT2D eigenvalue weighted by atomic mass is 9.99. The Balaban J connectivity index is 1.54. The van der Waals surface area contributed by atoms with Gasteiger partial charge in [-0.3, -0.25) is 0 Å². The average Bonchev–Trinajstić information content (AvgIpc) is 2.81. The van der Waals surface area contributed by atoms with Crippen LogP contribution in [0.1, 0.15) is 35.6 Å². The summed E-state index contributed by atoms with van der Waals surface area (Å²) < 4.78 is 43.7. The lowest BCUT2D eigenvalue weighted by Crippen LogP contribution is -1.94. The number of rotatable bonds is 6. The molecule has 0 heterocycles. The maximum Gasteiger partial charge on any atom is 0.167 e. The van der Waals surface area contributed by atoms with E-state index in [4.69, 9.17) is 0 Å². The monoisotopic (exact) mass is 442 g/mol. The number of hydrogen-bond acceptors (Lipinski definition) is 0. The maximum atomic E-state index is 14.8. The highest BCUT2D eigenvalue weighted by atomic mass is 19.2. The number of benzene rings is 4. The Morgan fingerprint density at radius 2 is 1.30 bits per heavy atom. The van der Waals surface area contributed by atoms with E-state index in [9.17, 15) is 13.2 Å². The van der Waals surface area contributed by atoms with E-state index in [0.29, 0.717) is 11.1 Å². The number of aryl methyl sites for hydroxylation is 2. The molecule has 0 amide bonds. The summed E-state index contributed by atoms with van der Waals surface area (Å²) in [5.74, 6) is -2.00. The SMILES string of the molecule is CCCc1ccc(-c2ccc(/C=C/c3ccc(-c4ccc(C)cc4F)cc3)c(F)c2F)cc1. The molecule has 0 unspecified atom stereocenters. The fraction of sp³-hybridized carbons (Fsp3) is 0.133. The van der Waals surface area contributed by atoms with E-state index in [2.05, 4.69) is 6.92 Å². The van der Waals surface area contributed by atoms with Gasteiger partial charge in [0.1, 0.15) is 5.82 Å². The second kappa shape index (κ2) is 9.91. The third-order valence-electron chi connectivity index (χ3n) is 5.72. The summed E-state index contributed by atoms with van der Waals surface area (Å²) in [5, 5.41) is 0. The first-order chi connectivity index (χ1) is 16.0. The number of hydrogen-bond donors (Lipinski definition) is 0. The van der Waals surface area contributed by atoms with Crippen LogP contribution >= 0.6 is 0 Å². The molecule has 0 N–H and O–H groups in total. The van der Waals surface area contributed by atoms with Crippen LogP contribution in [-0.4, -0.2) is 0 Å². The van der Waals surface area contributed by atoms with Gasteiger partial charge < -0.3 is 0 Å². The molecule has 0 spiro atoms. The summed E-state index contributed by atoms with van der Waals surface area (Å²) in [5.41, 5.74) is 5.22. The van der Waals surface area contributed by atoms with Crippen molar-refractivity contribution in [2.75, 3.05) is 0 Å². The summed E-state index contributed by atoms with van der Waals surface area (Å²) in [6, 6.07) is 23.2. The highest BCUT2D eigenvalue weighted by Gasteiger charge is 2.13. The first-order valence-corrected chi connectivity index (χ1v) is 11.1. The zero-order valence-corrected chi connectivity index (χ0v) is 18.7. The van der Waals surface area contributed by atoms with Crippen molar-refractivity contribution in [2.45, 2.75) is 26.7 Å². The van der Waals surface area contributed by atoms with Gasteiger partial charge in [-0.15, -0.1) is 0 Å². The zero-order chi connectivity index (χ0) is 23.4. The van der Waals surface area contributed by atoms with Gasteiger partial charge in [0.15, 0.2) is 11.6 Å². The second-order valence-corrected chi connectivity index (χ2v) is 8.22. The molecule has 4 aromatic rings. The first-order valence-electron chi connectivity index (χ1n) is 11.1. The van der Waals surface area contributed by atoms with Gasteiger partial charge in [-0.05, 0) is 47.2 Å². The van der Waals surface area contributed by atoms with Crippen LogP contribution in [0, 0.1) is 24.4 Å². The summed E-state index contributed by atoms with van der Waals surface area (Å²) >= 11 is 0. The predicted molar refractivity (Wildman–Crippen MR) is 131 cm³/mol. The molecule has 0 radical (unpaired) electrons. The molecule has 0 atom stereocenters. The Labute approximate surface area is 193 Å². The van der Waals surface area contributed by atoms with E-state index in [0.717, 1.165) is 29.5 Å². The van der Waals surface area contributed by atoms with E-state index in [-0.39, 0.29) is 16.9 Å². The first kappa shape index (κ1) is 22.6. The molecule has 0 saturated heterocycles. The van der Waals surface area contributed by atoms with Crippen molar-refractivity contribution in [3.8, 4) is 22.3 Å². The van der Waals surface area contributed by atoms with E-state index in [1.165, 1.54) is 11.6 Å². The minimum Gasteiger partial charge on any atom is -0.206 e. The van der Waals surface area contributed by atoms with Crippen molar-refractivity contribution in [3.63, 3.8) is 0 Å². The zero-order valence-electron chi connectivity index (χ0n) is 18.7. The smallest absolute Gasteiger partial charge is 0.167 e. The highest BCUT2D eigenvalue weighted by molar-refractivity contribution is 5.74. The predicted octanol–water partition coefficient (Wildman–Crippen LogP) is 8.87. The van der Waals surface area contributed by atoms with E-state index < -0.39 is 11.6 Å². The van der Waals surface area contributed by atoms with Crippen LogP contribution < -0.4 is 0 Å². The topological polar surface area (TPSA) is 0 Å². The minimum absolute atomic E-state index is 0.174. The summed E-state index contributed by atoms with van der Waals surface area (Å²) in [7, 11) is 0. The molecule has 0 fully saturated rings. The van der Waals surface area contributed by atoms with Crippen LogP contribution in [0.5, 0.6) is 0 Å². The Bertz CT molecular complexity index is 1280. The average molecular weight is 443 g/mol. The fourth-order valence-electron chi connectivity index (χ4n) is 3.87.